The van der Waals surface area contributed by atoms with Crippen LogP contribution < -0.4 is 5.48 Å². The lowest BCUT2D eigenvalue weighted by atomic mass is 10.6. The van der Waals surface area contributed by atoms with Crippen LogP contribution in [0, 0.1) is 6.92 Å². The van der Waals surface area contributed by atoms with Gasteiger partial charge < -0.3 is 9.40 Å². The summed E-state index contributed by atoms with van der Waals surface area (Å²) in [6, 6.07) is 0. The molecule has 0 aliphatic rings. The van der Waals surface area contributed by atoms with Gasteiger partial charge >= 0.3 is 0 Å². The highest BCUT2D eigenvalue weighted by Crippen LogP contribution is 1.95. The largest absolute Gasteiger partial charge is 0.317 e. The van der Waals surface area contributed by atoms with E-state index in [-0.39, 0.29) is 0 Å². The Morgan fingerprint density at radius 2 is 2.27 bits per heavy atom. The number of aryl methyl sites for hydroxylation is 1. The molecule has 0 atom stereocenters. The molecule has 1 aromatic rings. The van der Waals surface area contributed by atoms with Crippen molar-refractivity contribution in [1.29, 1.82) is 0 Å². The van der Waals surface area contributed by atoms with Crippen LogP contribution in [0.2, 0.25) is 0 Å². The molecular weight excluding hydrogens is 144 g/mol. The second-order valence-corrected chi connectivity index (χ2v) is 2.25. The smallest absolute Gasteiger partial charge is 0.149 e. The van der Waals surface area contributed by atoms with Crippen molar-refractivity contribution >= 4 is 0 Å². The van der Waals surface area contributed by atoms with Gasteiger partial charge in [-0.05, 0) is 6.92 Å². The third-order valence-electron chi connectivity index (χ3n) is 1.56. The van der Waals surface area contributed by atoms with E-state index in [1.807, 2.05) is 18.5 Å². The summed E-state index contributed by atoms with van der Waals surface area (Å²) in [4.78, 5) is 4.68. The predicted molar refractivity (Wildman–Crippen MR) is 39.6 cm³/mol. The fourth-order valence-corrected chi connectivity index (χ4v) is 0.742. The SMILES string of the molecule is CONCc1nnc(C)n1C. The van der Waals surface area contributed by atoms with Crippen molar-refractivity contribution < 1.29 is 4.84 Å². The van der Waals surface area contributed by atoms with Gasteiger partial charge in [-0.2, -0.15) is 5.48 Å². The zero-order valence-electron chi connectivity index (χ0n) is 6.96. The van der Waals surface area contributed by atoms with Crippen LogP contribution in [-0.4, -0.2) is 21.9 Å². The Morgan fingerprint density at radius 1 is 1.55 bits per heavy atom. The molecule has 0 aliphatic carbocycles. The highest BCUT2D eigenvalue weighted by molar-refractivity contribution is 4.91. The molecule has 0 bridgehead atoms. The molecular formula is C6H12N4O. The lowest BCUT2D eigenvalue weighted by molar-refractivity contribution is 0.0842. The Balaban J connectivity index is 2.63. The minimum Gasteiger partial charge on any atom is -0.317 e. The molecule has 5 nitrogen and oxygen atoms in total. The molecule has 11 heavy (non-hydrogen) atoms. The minimum atomic E-state index is 0.577. The number of hydrogen-bond donors (Lipinski definition) is 1. The summed E-state index contributed by atoms with van der Waals surface area (Å²) in [7, 11) is 3.49. The van der Waals surface area contributed by atoms with Crippen LogP contribution in [-0.2, 0) is 18.4 Å². The number of hydrogen-bond acceptors (Lipinski definition) is 4. The number of rotatable bonds is 3. The molecule has 0 spiro atoms. The van der Waals surface area contributed by atoms with Crippen molar-refractivity contribution in [2.45, 2.75) is 13.5 Å². The Labute approximate surface area is 65.3 Å². The molecule has 0 saturated carbocycles. The maximum atomic E-state index is 4.68. The van der Waals surface area contributed by atoms with E-state index in [0.29, 0.717) is 6.54 Å². The van der Waals surface area contributed by atoms with Gasteiger partial charge in [-0.15, -0.1) is 10.2 Å². The van der Waals surface area contributed by atoms with Gasteiger partial charge in [-0.25, -0.2) is 0 Å². The summed E-state index contributed by atoms with van der Waals surface area (Å²) < 4.78 is 1.91. The van der Waals surface area contributed by atoms with Gasteiger partial charge in [0.15, 0.2) is 0 Å². The van der Waals surface area contributed by atoms with E-state index in [1.165, 1.54) is 0 Å². The van der Waals surface area contributed by atoms with E-state index >= 15 is 0 Å². The van der Waals surface area contributed by atoms with Crippen molar-refractivity contribution in [3.63, 3.8) is 0 Å². The number of nitrogens with zero attached hydrogens (tertiary/aromatic N) is 3. The van der Waals surface area contributed by atoms with E-state index < -0.39 is 0 Å². The molecule has 5 heteroatoms. The first-order valence-electron chi connectivity index (χ1n) is 3.36. The normalized spacial score (nSPS) is 10.5. The van der Waals surface area contributed by atoms with Gasteiger partial charge in [0.2, 0.25) is 0 Å². The monoisotopic (exact) mass is 156 g/mol. The number of aromatic nitrogens is 3. The Bertz CT molecular complexity index is 232. The number of hydroxylamine groups is 1. The molecule has 0 aromatic carbocycles. The van der Waals surface area contributed by atoms with Crippen molar-refractivity contribution in [3.8, 4) is 0 Å². The van der Waals surface area contributed by atoms with E-state index in [1.54, 1.807) is 7.11 Å². The zero-order valence-corrected chi connectivity index (χ0v) is 6.96. The first-order chi connectivity index (χ1) is 5.25. The third kappa shape index (κ3) is 1.75. The summed E-state index contributed by atoms with van der Waals surface area (Å²) in [5.41, 5.74) is 2.70. The molecule has 0 unspecified atom stereocenters. The van der Waals surface area contributed by atoms with Crippen molar-refractivity contribution in [1.82, 2.24) is 20.2 Å². The van der Waals surface area contributed by atoms with Gasteiger partial charge in [0, 0.05) is 7.05 Å². The Hall–Kier alpha value is -0.940. The van der Waals surface area contributed by atoms with Crippen LogP contribution in [0.4, 0.5) is 0 Å². The van der Waals surface area contributed by atoms with Gasteiger partial charge in [0.25, 0.3) is 0 Å². The van der Waals surface area contributed by atoms with Crippen molar-refractivity contribution in [2.75, 3.05) is 7.11 Å². The lowest BCUT2D eigenvalue weighted by Crippen LogP contribution is -2.14. The molecule has 0 amide bonds. The second kappa shape index (κ2) is 3.45. The van der Waals surface area contributed by atoms with Crippen molar-refractivity contribution in [2.24, 2.45) is 7.05 Å². The highest BCUT2D eigenvalue weighted by Gasteiger charge is 2.02. The first-order valence-corrected chi connectivity index (χ1v) is 3.36. The fraction of sp³-hybridized carbons (Fsp3) is 0.667. The zero-order chi connectivity index (χ0) is 8.27. The molecule has 1 aromatic heterocycles. The minimum absolute atomic E-state index is 0.577. The third-order valence-corrected chi connectivity index (χ3v) is 1.56. The summed E-state index contributed by atoms with van der Waals surface area (Å²) in [5.74, 6) is 1.77. The van der Waals surface area contributed by atoms with Crippen molar-refractivity contribution in [3.05, 3.63) is 11.6 Å². The van der Waals surface area contributed by atoms with Crippen LogP contribution in [0.25, 0.3) is 0 Å². The highest BCUT2D eigenvalue weighted by atomic mass is 16.6. The summed E-state index contributed by atoms with van der Waals surface area (Å²) in [6.07, 6.45) is 0. The molecule has 0 fully saturated rings. The maximum absolute atomic E-state index is 4.68. The Kier molecular flexibility index (Phi) is 2.56. The fourth-order valence-electron chi connectivity index (χ4n) is 0.742. The summed E-state index contributed by atoms with van der Waals surface area (Å²) in [6.45, 7) is 2.48. The van der Waals surface area contributed by atoms with Crippen LogP contribution in [0.1, 0.15) is 11.6 Å². The molecule has 0 saturated heterocycles. The van der Waals surface area contributed by atoms with E-state index in [4.69, 9.17) is 0 Å². The standard InChI is InChI=1S/C6H12N4O/c1-5-8-9-6(10(5)2)4-7-11-3/h7H,4H2,1-3H3. The maximum Gasteiger partial charge on any atom is 0.149 e. The van der Waals surface area contributed by atoms with E-state index in [2.05, 4.69) is 20.5 Å². The van der Waals surface area contributed by atoms with Crippen LogP contribution in [0.3, 0.4) is 0 Å². The van der Waals surface area contributed by atoms with Crippen LogP contribution >= 0.6 is 0 Å². The molecule has 1 N–H and O–H groups in total. The van der Waals surface area contributed by atoms with Gasteiger partial charge in [-0.1, -0.05) is 0 Å². The Morgan fingerprint density at radius 3 is 2.73 bits per heavy atom. The average molecular weight is 156 g/mol. The van der Waals surface area contributed by atoms with Gasteiger partial charge in [-0.3, -0.25) is 0 Å². The first kappa shape index (κ1) is 8.16. The quantitative estimate of drug-likeness (QED) is 0.614. The average Bonchev–Trinajstić information content (AvgIpc) is 2.31. The van der Waals surface area contributed by atoms with Crippen LogP contribution in [0.15, 0.2) is 0 Å². The van der Waals surface area contributed by atoms with Crippen LogP contribution in [0.5, 0.6) is 0 Å². The van der Waals surface area contributed by atoms with Gasteiger partial charge in [0.05, 0.1) is 13.7 Å². The number of nitrogens with one attached hydrogen (secondary N) is 1. The second-order valence-electron chi connectivity index (χ2n) is 2.25. The molecule has 1 rings (SSSR count). The predicted octanol–water partition coefficient (Wildman–Crippen LogP) is -0.225. The molecule has 1 heterocycles. The molecule has 0 radical (unpaired) electrons. The van der Waals surface area contributed by atoms with E-state index in [0.717, 1.165) is 11.6 Å². The topological polar surface area (TPSA) is 52.0 Å². The van der Waals surface area contributed by atoms with Gasteiger partial charge in [0.1, 0.15) is 11.6 Å². The molecule has 0 aliphatic heterocycles. The summed E-state index contributed by atoms with van der Waals surface area (Å²) in [5, 5.41) is 7.81. The van der Waals surface area contributed by atoms with E-state index in [9.17, 15) is 0 Å². The summed E-state index contributed by atoms with van der Waals surface area (Å²) >= 11 is 0. The molecule has 62 valence electrons. The lowest BCUT2D eigenvalue weighted by Gasteiger charge is -2.00.